The lowest BCUT2D eigenvalue weighted by molar-refractivity contribution is -0.123. The minimum absolute atomic E-state index is 0. The molecule has 21 heavy (non-hydrogen) atoms. The standard InChI is InChI=1S/C16H22N2O2.ClH/c19-16(17-7-8-20-11-12-5-6-12)15-9-13-3-1-2-4-14(13)10-18-15;/h1-4,12,15,18H,5-11H2,(H,17,19);1H. The molecule has 0 aromatic heterocycles. The molecule has 1 amide bonds. The smallest absolute Gasteiger partial charge is 0.237 e. The van der Waals surface area contributed by atoms with Crippen LogP contribution in [0.2, 0.25) is 0 Å². The fraction of sp³-hybridized carbons (Fsp3) is 0.562. The van der Waals surface area contributed by atoms with Crippen molar-refractivity contribution in [3.8, 4) is 0 Å². The first-order valence-corrected chi connectivity index (χ1v) is 7.48. The first-order chi connectivity index (χ1) is 9.83. The number of nitrogens with one attached hydrogen (secondary N) is 2. The Balaban J connectivity index is 0.00000161. The van der Waals surface area contributed by atoms with Crippen LogP contribution in [0.3, 0.4) is 0 Å². The lowest BCUT2D eigenvalue weighted by Gasteiger charge is -2.25. The zero-order valence-corrected chi connectivity index (χ0v) is 13.0. The Hall–Kier alpha value is -1.10. The van der Waals surface area contributed by atoms with E-state index >= 15 is 0 Å². The van der Waals surface area contributed by atoms with Gasteiger partial charge in [0.2, 0.25) is 5.91 Å². The molecule has 1 aliphatic heterocycles. The van der Waals surface area contributed by atoms with E-state index in [4.69, 9.17) is 4.74 Å². The Bertz CT molecular complexity index is 477. The first kappa shape index (κ1) is 16.3. The van der Waals surface area contributed by atoms with E-state index in [0.717, 1.165) is 25.5 Å². The maximum Gasteiger partial charge on any atom is 0.237 e. The predicted molar refractivity (Wildman–Crippen MR) is 84.6 cm³/mol. The average Bonchev–Trinajstić information content (AvgIpc) is 3.30. The number of carbonyl (C=O) groups is 1. The van der Waals surface area contributed by atoms with Gasteiger partial charge in [-0.25, -0.2) is 0 Å². The summed E-state index contributed by atoms with van der Waals surface area (Å²) in [6, 6.07) is 8.17. The summed E-state index contributed by atoms with van der Waals surface area (Å²) >= 11 is 0. The van der Waals surface area contributed by atoms with Gasteiger partial charge in [-0.3, -0.25) is 4.79 Å². The largest absolute Gasteiger partial charge is 0.379 e. The summed E-state index contributed by atoms with van der Waals surface area (Å²) in [7, 11) is 0. The molecule has 1 aromatic rings. The van der Waals surface area contributed by atoms with E-state index in [-0.39, 0.29) is 24.4 Å². The summed E-state index contributed by atoms with van der Waals surface area (Å²) in [5.74, 6) is 0.858. The van der Waals surface area contributed by atoms with E-state index in [1.807, 2.05) is 12.1 Å². The third kappa shape index (κ3) is 4.70. The Morgan fingerprint density at radius 1 is 1.29 bits per heavy atom. The van der Waals surface area contributed by atoms with Crippen molar-refractivity contribution in [1.29, 1.82) is 0 Å². The summed E-state index contributed by atoms with van der Waals surface area (Å²) in [4.78, 5) is 12.1. The topological polar surface area (TPSA) is 50.4 Å². The van der Waals surface area contributed by atoms with Gasteiger partial charge in [-0.15, -0.1) is 12.4 Å². The third-order valence-corrected chi connectivity index (χ3v) is 3.99. The van der Waals surface area contributed by atoms with Gasteiger partial charge in [-0.1, -0.05) is 24.3 Å². The van der Waals surface area contributed by atoms with Crippen LogP contribution in [0, 0.1) is 5.92 Å². The number of ether oxygens (including phenoxy) is 1. The Labute approximate surface area is 132 Å². The van der Waals surface area contributed by atoms with Gasteiger partial charge in [-0.05, 0) is 36.3 Å². The molecule has 4 nitrogen and oxygen atoms in total. The van der Waals surface area contributed by atoms with Crippen LogP contribution in [0.4, 0.5) is 0 Å². The van der Waals surface area contributed by atoms with Crippen LogP contribution in [0.5, 0.6) is 0 Å². The van der Waals surface area contributed by atoms with Gasteiger partial charge in [0.05, 0.1) is 12.6 Å². The van der Waals surface area contributed by atoms with Crippen LogP contribution in [0.1, 0.15) is 24.0 Å². The summed E-state index contributed by atoms with van der Waals surface area (Å²) in [6.07, 6.45) is 3.38. The molecule has 1 aliphatic carbocycles. The van der Waals surface area contributed by atoms with Gasteiger partial charge in [0.15, 0.2) is 0 Å². The number of benzene rings is 1. The normalized spacial score (nSPS) is 20.3. The summed E-state index contributed by atoms with van der Waals surface area (Å²) < 4.78 is 5.52. The van der Waals surface area contributed by atoms with Gasteiger partial charge in [0, 0.05) is 19.7 Å². The van der Waals surface area contributed by atoms with Gasteiger partial charge >= 0.3 is 0 Å². The lowest BCUT2D eigenvalue weighted by atomic mass is 9.95. The number of hydrogen-bond acceptors (Lipinski definition) is 3. The van der Waals surface area contributed by atoms with Crippen LogP contribution in [-0.4, -0.2) is 31.7 Å². The van der Waals surface area contributed by atoms with Gasteiger partial charge < -0.3 is 15.4 Å². The molecule has 1 fully saturated rings. The van der Waals surface area contributed by atoms with Crippen LogP contribution >= 0.6 is 12.4 Å². The van der Waals surface area contributed by atoms with E-state index in [1.165, 1.54) is 24.0 Å². The molecule has 5 heteroatoms. The molecule has 1 atom stereocenters. The van der Waals surface area contributed by atoms with Crippen molar-refractivity contribution in [2.75, 3.05) is 19.8 Å². The molecule has 2 N–H and O–H groups in total. The number of carbonyl (C=O) groups excluding carboxylic acids is 1. The highest BCUT2D eigenvalue weighted by molar-refractivity contribution is 5.85. The fourth-order valence-electron chi connectivity index (χ4n) is 2.54. The molecular weight excluding hydrogens is 288 g/mol. The van der Waals surface area contributed by atoms with Crippen LogP contribution in [0.15, 0.2) is 24.3 Å². The molecule has 1 saturated carbocycles. The fourth-order valence-corrected chi connectivity index (χ4v) is 2.54. The Kier molecular flexibility index (Phi) is 6.03. The monoisotopic (exact) mass is 310 g/mol. The van der Waals surface area contributed by atoms with Crippen molar-refractivity contribution >= 4 is 18.3 Å². The number of halogens is 1. The van der Waals surface area contributed by atoms with Crippen molar-refractivity contribution < 1.29 is 9.53 Å². The SMILES string of the molecule is Cl.O=C(NCCOCC1CC1)C1Cc2ccccc2CN1. The zero-order chi connectivity index (χ0) is 13.8. The van der Waals surface area contributed by atoms with E-state index < -0.39 is 0 Å². The second-order valence-electron chi connectivity index (χ2n) is 5.72. The highest BCUT2D eigenvalue weighted by Gasteiger charge is 2.23. The van der Waals surface area contributed by atoms with Gasteiger partial charge in [-0.2, -0.15) is 0 Å². The molecule has 1 aromatic carbocycles. The molecule has 2 aliphatic rings. The second-order valence-corrected chi connectivity index (χ2v) is 5.72. The number of amides is 1. The van der Waals surface area contributed by atoms with E-state index in [2.05, 4.69) is 22.8 Å². The van der Waals surface area contributed by atoms with Gasteiger partial charge in [0.25, 0.3) is 0 Å². The molecule has 3 rings (SSSR count). The molecule has 0 saturated heterocycles. The van der Waals surface area contributed by atoms with E-state index in [1.54, 1.807) is 0 Å². The minimum atomic E-state index is -0.117. The number of fused-ring (bicyclic) bond motifs is 1. The molecule has 0 spiro atoms. The molecular formula is C16H23ClN2O2. The minimum Gasteiger partial charge on any atom is -0.379 e. The summed E-state index contributed by atoms with van der Waals surface area (Å²) in [5, 5.41) is 6.24. The van der Waals surface area contributed by atoms with E-state index in [0.29, 0.717) is 13.2 Å². The quantitative estimate of drug-likeness (QED) is 0.786. The van der Waals surface area contributed by atoms with Crippen molar-refractivity contribution in [2.24, 2.45) is 5.92 Å². The number of hydrogen-bond donors (Lipinski definition) is 2. The number of rotatable bonds is 6. The lowest BCUT2D eigenvalue weighted by Crippen LogP contribution is -2.48. The third-order valence-electron chi connectivity index (χ3n) is 3.99. The van der Waals surface area contributed by atoms with Crippen molar-refractivity contribution in [3.63, 3.8) is 0 Å². The molecule has 0 bridgehead atoms. The highest BCUT2D eigenvalue weighted by Crippen LogP contribution is 2.28. The maximum absolute atomic E-state index is 12.1. The zero-order valence-electron chi connectivity index (χ0n) is 12.1. The Morgan fingerprint density at radius 3 is 2.81 bits per heavy atom. The van der Waals surface area contributed by atoms with Crippen molar-refractivity contribution in [3.05, 3.63) is 35.4 Å². The summed E-state index contributed by atoms with van der Waals surface area (Å²) in [6.45, 7) is 2.84. The first-order valence-electron chi connectivity index (χ1n) is 7.48. The predicted octanol–water partition coefficient (Wildman–Crippen LogP) is 1.67. The van der Waals surface area contributed by atoms with Gasteiger partial charge in [0.1, 0.15) is 0 Å². The molecule has 1 unspecified atom stereocenters. The van der Waals surface area contributed by atoms with Crippen LogP contribution in [-0.2, 0) is 22.5 Å². The summed E-state index contributed by atoms with van der Waals surface area (Å²) in [5.41, 5.74) is 2.57. The second kappa shape index (κ2) is 7.78. The molecule has 0 radical (unpaired) electrons. The highest BCUT2D eigenvalue weighted by atomic mass is 35.5. The van der Waals surface area contributed by atoms with Crippen molar-refractivity contribution in [1.82, 2.24) is 10.6 Å². The molecule has 1 heterocycles. The van der Waals surface area contributed by atoms with Crippen molar-refractivity contribution in [2.45, 2.75) is 31.8 Å². The van der Waals surface area contributed by atoms with Crippen LogP contribution < -0.4 is 10.6 Å². The maximum atomic E-state index is 12.1. The molecule has 116 valence electrons. The van der Waals surface area contributed by atoms with Crippen LogP contribution in [0.25, 0.3) is 0 Å². The average molecular weight is 311 g/mol. The van der Waals surface area contributed by atoms with E-state index in [9.17, 15) is 4.79 Å². The Morgan fingerprint density at radius 2 is 2.05 bits per heavy atom.